The molecule has 0 radical (unpaired) electrons. The minimum atomic E-state index is -1.44. The average Bonchev–Trinajstić information content (AvgIpc) is 3.18. The molecule has 0 spiro atoms. The van der Waals surface area contributed by atoms with Gasteiger partial charge in [-0.1, -0.05) is 6.92 Å². The van der Waals surface area contributed by atoms with E-state index in [-0.39, 0.29) is 29.6 Å². The van der Waals surface area contributed by atoms with Crippen molar-refractivity contribution >= 4 is 34.0 Å². The summed E-state index contributed by atoms with van der Waals surface area (Å²) in [5.74, 6) is -3.25. The fourth-order valence-electron chi connectivity index (χ4n) is 2.66. The number of benzene rings is 2. The largest absolute Gasteiger partial charge is 0.475 e. The van der Waals surface area contributed by atoms with Crippen LogP contribution in [-0.2, 0) is 16.0 Å². The maximum atomic E-state index is 13.9. The number of halogens is 3. The maximum absolute atomic E-state index is 13.9. The predicted octanol–water partition coefficient (Wildman–Crippen LogP) is 4.93. The average molecular weight is 463 g/mol. The van der Waals surface area contributed by atoms with E-state index < -0.39 is 29.0 Å². The molecule has 2 aromatic carbocycles. The molecule has 0 saturated heterocycles. The van der Waals surface area contributed by atoms with E-state index in [2.05, 4.69) is 15.6 Å². The molecular weight excluding hydrogens is 443 g/mol. The van der Waals surface area contributed by atoms with E-state index in [4.69, 9.17) is 4.74 Å². The van der Waals surface area contributed by atoms with E-state index >= 15 is 0 Å². The van der Waals surface area contributed by atoms with Crippen molar-refractivity contribution in [1.29, 1.82) is 0 Å². The summed E-state index contributed by atoms with van der Waals surface area (Å²) >= 11 is 1.11. The lowest BCUT2D eigenvalue weighted by atomic mass is 10.0. The highest BCUT2D eigenvalue weighted by atomic mass is 32.1. The Labute approximate surface area is 186 Å². The van der Waals surface area contributed by atoms with Crippen molar-refractivity contribution in [2.75, 3.05) is 10.6 Å². The van der Waals surface area contributed by atoms with Crippen LogP contribution in [0.3, 0.4) is 0 Å². The Morgan fingerprint density at radius 2 is 1.75 bits per heavy atom. The molecule has 3 aromatic rings. The number of ether oxygens (including phenoxy) is 1. The van der Waals surface area contributed by atoms with Crippen LogP contribution in [0.1, 0.15) is 26.0 Å². The van der Waals surface area contributed by atoms with E-state index in [0.29, 0.717) is 17.4 Å². The van der Waals surface area contributed by atoms with Crippen LogP contribution in [0.4, 0.5) is 24.0 Å². The Hall–Kier alpha value is -3.40. The van der Waals surface area contributed by atoms with Crippen LogP contribution in [-0.4, -0.2) is 22.4 Å². The fourth-order valence-corrected chi connectivity index (χ4v) is 3.36. The summed E-state index contributed by atoms with van der Waals surface area (Å²) in [7, 11) is 0. The zero-order valence-electron chi connectivity index (χ0n) is 17.2. The summed E-state index contributed by atoms with van der Waals surface area (Å²) in [6, 6.07) is 8.18. The number of carbonyl (C=O) groups is 2. The number of amides is 2. The van der Waals surface area contributed by atoms with Gasteiger partial charge in [-0.3, -0.25) is 14.9 Å². The molecule has 0 saturated carbocycles. The lowest BCUT2D eigenvalue weighted by Gasteiger charge is -2.28. The summed E-state index contributed by atoms with van der Waals surface area (Å²) in [6.45, 7) is 3.17. The quantitative estimate of drug-likeness (QED) is 0.497. The number of hydrogen-bond acceptors (Lipinski definition) is 5. The second-order valence-electron chi connectivity index (χ2n) is 7.09. The number of hydrogen-bond donors (Lipinski definition) is 2. The molecule has 0 aliphatic carbocycles. The Morgan fingerprint density at radius 1 is 1.06 bits per heavy atom. The van der Waals surface area contributed by atoms with Gasteiger partial charge in [0.05, 0.1) is 12.1 Å². The lowest BCUT2D eigenvalue weighted by Crippen LogP contribution is -2.45. The van der Waals surface area contributed by atoms with Crippen molar-refractivity contribution < 1.29 is 27.5 Å². The van der Waals surface area contributed by atoms with Crippen LogP contribution in [0.15, 0.2) is 47.8 Å². The van der Waals surface area contributed by atoms with Crippen molar-refractivity contribution in [3.63, 3.8) is 0 Å². The fraction of sp³-hybridized carbons (Fsp3) is 0.227. The first-order valence-corrected chi connectivity index (χ1v) is 10.5. The molecule has 0 bridgehead atoms. The van der Waals surface area contributed by atoms with Crippen molar-refractivity contribution in [2.24, 2.45) is 0 Å². The Morgan fingerprint density at radius 3 is 2.41 bits per heavy atom. The van der Waals surface area contributed by atoms with Gasteiger partial charge in [-0.05, 0) is 49.7 Å². The number of thiazole rings is 1. The van der Waals surface area contributed by atoms with E-state index in [1.165, 1.54) is 31.2 Å². The standard InChI is InChI=1S/C22H20F3N3O3S/c1-3-22(2,31-18-9-6-14(24)10-17(18)25)20(30)28-21-27-16(12-32-21)11-19(29)26-15-7-4-13(23)5-8-15/h4-10,12H,3,11H2,1-2H3,(H,26,29)(H,27,28,30). The van der Waals surface area contributed by atoms with Crippen LogP contribution < -0.4 is 15.4 Å². The molecule has 2 amide bonds. The SMILES string of the molecule is CCC(C)(Oc1ccc(F)cc1F)C(=O)Nc1nc(CC(=O)Nc2ccc(F)cc2)cs1. The van der Waals surface area contributed by atoms with E-state index in [9.17, 15) is 22.8 Å². The molecule has 6 nitrogen and oxygen atoms in total. The molecule has 1 aromatic heterocycles. The molecule has 32 heavy (non-hydrogen) atoms. The number of anilines is 2. The highest BCUT2D eigenvalue weighted by molar-refractivity contribution is 7.14. The zero-order chi connectivity index (χ0) is 23.3. The van der Waals surface area contributed by atoms with Crippen LogP contribution in [0.25, 0.3) is 0 Å². The minimum Gasteiger partial charge on any atom is -0.475 e. The van der Waals surface area contributed by atoms with E-state index in [0.717, 1.165) is 23.5 Å². The highest BCUT2D eigenvalue weighted by Crippen LogP contribution is 2.27. The van der Waals surface area contributed by atoms with Gasteiger partial charge in [0.25, 0.3) is 5.91 Å². The number of carbonyl (C=O) groups excluding carboxylic acids is 2. The second kappa shape index (κ2) is 9.82. The molecule has 168 valence electrons. The van der Waals surface area contributed by atoms with Crippen molar-refractivity contribution in [2.45, 2.75) is 32.3 Å². The number of nitrogens with one attached hydrogen (secondary N) is 2. The van der Waals surface area contributed by atoms with Gasteiger partial charge in [0.15, 0.2) is 22.3 Å². The van der Waals surface area contributed by atoms with Gasteiger partial charge in [-0.2, -0.15) is 0 Å². The Bertz CT molecular complexity index is 1120. The molecule has 1 heterocycles. The summed E-state index contributed by atoms with van der Waals surface area (Å²) < 4.78 is 45.6. The van der Waals surface area contributed by atoms with Gasteiger partial charge in [0.1, 0.15) is 11.6 Å². The Balaban J connectivity index is 1.62. The number of aromatic nitrogens is 1. The van der Waals surface area contributed by atoms with Gasteiger partial charge < -0.3 is 10.1 Å². The Kier molecular flexibility index (Phi) is 7.14. The third-order valence-electron chi connectivity index (χ3n) is 4.63. The van der Waals surface area contributed by atoms with Gasteiger partial charge >= 0.3 is 0 Å². The maximum Gasteiger partial charge on any atom is 0.270 e. The topological polar surface area (TPSA) is 80.3 Å². The zero-order valence-corrected chi connectivity index (χ0v) is 18.1. The summed E-state index contributed by atoms with van der Waals surface area (Å²) in [5, 5.41) is 7.09. The molecule has 3 rings (SSSR count). The molecule has 0 aliphatic rings. The van der Waals surface area contributed by atoms with Crippen LogP contribution in [0.2, 0.25) is 0 Å². The summed E-state index contributed by atoms with van der Waals surface area (Å²) in [5.41, 5.74) is -0.567. The van der Waals surface area contributed by atoms with E-state index in [1.54, 1.807) is 12.3 Å². The third-order valence-corrected chi connectivity index (χ3v) is 5.43. The van der Waals surface area contributed by atoms with Crippen molar-refractivity contribution in [3.8, 4) is 5.75 Å². The van der Waals surface area contributed by atoms with Gasteiger partial charge in [-0.25, -0.2) is 18.2 Å². The summed E-state index contributed by atoms with van der Waals surface area (Å²) in [6.07, 6.45) is 0.153. The molecule has 0 aliphatic heterocycles. The molecular formula is C22H20F3N3O3S. The van der Waals surface area contributed by atoms with Crippen molar-refractivity contribution in [1.82, 2.24) is 4.98 Å². The third kappa shape index (κ3) is 5.85. The van der Waals surface area contributed by atoms with Gasteiger partial charge in [0.2, 0.25) is 5.91 Å². The summed E-state index contributed by atoms with van der Waals surface area (Å²) in [4.78, 5) is 29.1. The first-order valence-electron chi connectivity index (χ1n) is 9.64. The predicted molar refractivity (Wildman–Crippen MR) is 115 cm³/mol. The molecule has 10 heteroatoms. The second-order valence-corrected chi connectivity index (χ2v) is 7.95. The first kappa shape index (κ1) is 23.3. The molecule has 1 atom stereocenters. The highest BCUT2D eigenvalue weighted by Gasteiger charge is 2.35. The van der Waals surface area contributed by atoms with Gasteiger partial charge in [0, 0.05) is 17.1 Å². The monoisotopic (exact) mass is 463 g/mol. The van der Waals surface area contributed by atoms with Gasteiger partial charge in [-0.15, -0.1) is 11.3 Å². The normalized spacial score (nSPS) is 12.7. The first-order chi connectivity index (χ1) is 15.2. The lowest BCUT2D eigenvalue weighted by molar-refractivity contribution is -0.130. The minimum absolute atomic E-state index is 0.0495. The molecule has 2 N–H and O–H groups in total. The van der Waals surface area contributed by atoms with Crippen LogP contribution in [0, 0.1) is 17.5 Å². The van der Waals surface area contributed by atoms with Crippen LogP contribution >= 0.6 is 11.3 Å². The number of nitrogens with zero attached hydrogens (tertiary/aromatic N) is 1. The molecule has 1 unspecified atom stereocenters. The number of rotatable bonds is 8. The van der Waals surface area contributed by atoms with Crippen molar-refractivity contribution in [3.05, 3.63) is 71.0 Å². The van der Waals surface area contributed by atoms with E-state index in [1.807, 2.05) is 0 Å². The smallest absolute Gasteiger partial charge is 0.270 e. The van der Waals surface area contributed by atoms with Crippen LogP contribution in [0.5, 0.6) is 5.75 Å². The molecule has 0 fully saturated rings.